The van der Waals surface area contributed by atoms with Gasteiger partial charge < -0.3 is 5.11 Å². The topological polar surface area (TPSA) is 52.6 Å². The highest BCUT2D eigenvalue weighted by Gasteiger charge is 2.45. The van der Waals surface area contributed by atoms with Gasteiger partial charge in [-0.05, 0) is 38.3 Å². The lowest BCUT2D eigenvalue weighted by Crippen LogP contribution is -2.61. The van der Waals surface area contributed by atoms with Gasteiger partial charge in [-0.1, -0.05) is 0 Å². The summed E-state index contributed by atoms with van der Waals surface area (Å²) in [5.41, 5.74) is 2.99. The van der Waals surface area contributed by atoms with Gasteiger partial charge in [-0.2, -0.15) is 0 Å². The molecule has 0 saturated carbocycles. The molecular formula is C17H26N3O2+. The summed E-state index contributed by atoms with van der Waals surface area (Å²) in [7, 11) is 0. The fourth-order valence-electron chi connectivity index (χ4n) is 4.17. The van der Waals surface area contributed by atoms with E-state index in [1.54, 1.807) is 0 Å². The van der Waals surface area contributed by atoms with E-state index in [9.17, 15) is 4.79 Å². The Balaban J connectivity index is 1.95. The van der Waals surface area contributed by atoms with Crippen molar-refractivity contribution in [3.8, 4) is 0 Å². The highest BCUT2D eigenvalue weighted by molar-refractivity contribution is 5.84. The van der Waals surface area contributed by atoms with Gasteiger partial charge in [-0.3, -0.25) is 5.32 Å². The minimum atomic E-state index is -1.01. The van der Waals surface area contributed by atoms with Crippen molar-refractivity contribution < 1.29 is 9.90 Å². The monoisotopic (exact) mass is 304 g/mol. The second-order valence-electron chi connectivity index (χ2n) is 6.66. The first kappa shape index (κ1) is 15.3. The van der Waals surface area contributed by atoms with E-state index < -0.39 is 6.09 Å². The molecule has 1 atom stereocenters. The number of hydrogen-bond donors (Lipinski definition) is 2. The van der Waals surface area contributed by atoms with E-state index in [2.05, 4.69) is 29.4 Å². The number of anilines is 1. The molecule has 1 aromatic rings. The van der Waals surface area contributed by atoms with Crippen molar-refractivity contribution in [2.45, 2.75) is 45.6 Å². The number of quaternary nitrogens is 1. The molecule has 2 heterocycles. The van der Waals surface area contributed by atoms with Crippen molar-refractivity contribution in [1.82, 2.24) is 9.60 Å². The summed E-state index contributed by atoms with van der Waals surface area (Å²) in [6, 6.07) is 6.81. The number of rotatable bonds is 3. The summed E-state index contributed by atoms with van der Waals surface area (Å²) in [4.78, 5) is 10.9. The summed E-state index contributed by atoms with van der Waals surface area (Å²) < 4.78 is 0.954. The minimum Gasteiger partial charge on any atom is -0.465 e. The number of benzene rings is 1. The summed E-state index contributed by atoms with van der Waals surface area (Å²) in [5, 5.41) is 14.0. The molecule has 2 aliphatic rings. The summed E-state index contributed by atoms with van der Waals surface area (Å²) in [6.07, 6.45) is 4.07. The van der Waals surface area contributed by atoms with Crippen molar-refractivity contribution >= 4 is 17.5 Å². The number of carboxylic acid groups (broad SMARTS) is 1. The lowest BCUT2D eigenvalue weighted by atomic mass is 10.1. The van der Waals surface area contributed by atoms with Crippen LogP contribution in [0.15, 0.2) is 18.2 Å². The molecule has 1 aromatic carbocycles. The summed E-state index contributed by atoms with van der Waals surface area (Å²) in [6.45, 7) is 7.80. The maximum Gasteiger partial charge on any atom is 0.409 e. The van der Waals surface area contributed by atoms with E-state index in [1.807, 2.05) is 13.0 Å². The fourth-order valence-corrected chi connectivity index (χ4v) is 4.17. The summed E-state index contributed by atoms with van der Waals surface area (Å²) >= 11 is 0. The van der Waals surface area contributed by atoms with Crippen molar-refractivity contribution in [3.05, 3.63) is 23.8 Å². The van der Waals surface area contributed by atoms with E-state index in [4.69, 9.17) is 5.11 Å². The van der Waals surface area contributed by atoms with Crippen LogP contribution >= 0.6 is 0 Å². The van der Waals surface area contributed by atoms with Gasteiger partial charge in [0.25, 0.3) is 0 Å². The van der Waals surface area contributed by atoms with Gasteiger partial charge in [0.2, 0.25) is 0 Å². The molecule has 1 amide bonds. The van der Waals surface area contributed by atoms with Crippen LogP contribution in [0.5, 0.6) is 0 Å². The van der Waals surface area contributed by atoms with Crippen molar-refractivity contribution in [2.75, 3.05) is 25.0 Å². The molecule has 3 rings (SSSR count). The molecule has 2 aliphatic heterocycles. The average Bonchev–Trinajstić information content (AvgIpc) is 3.10. The Morgan fingerprint density at radius 2 is 2.05 bits per heavy atom. The quantitative estimate of drug-likeness (QED) is 0.839. The highest BCUT2D eigenvalue weighted by Crippen LogP contribution is 2.37. The van der Waals surface area contributed by atoms with E-state index >= 15 is 0 Å². The van der Waals surface area contributed by atoms with Crippen molar-refractivity contribution in [2.24, 2.45) is 0 Å². The van der Waals surface area contributed by atoms with Crippen LogP contribution in [0.2, 0.25) is 0 Å². The van der Waals surface area contributed by atoms with Gasteiger partial charge in [0, 0.05) is 37.2 Å². The molecule has 0 spiro atoms. The molecule has 0 unspecified atom stereocenters. The van der Waals surface area contributed by atoms with Crippen LogP contribution in [-0.4, -0.2) is 41.9 Å². The molecule has 0 aliphatic carbocycles. The van der Waals surface area contributed by atoms with Crippen LogP contribution in [0.3, 0.4) is 0 Å². The Bertz CT molecular complexity index is 567. The molecule has 120 valence electrons. The molecule has 0 bridgehead atoms. The van der Waals surface area contributed by atoms with Crippen LogP contribution in [0.1, 0.15) is 38.2 Å². The van der Waals surface area contributed by atoms with Crippen LogP contribution in [0, 0.1) is 6.92 Å². The minimum absolute atomic E-state index is 0.621. The van der Waals surface area contributed by atoms with Crippen molar-refractivity contribution in [3.63, 3.8) is 0 Å². The number of aryl methyl sites for hydroxylation is 1. The second-order valence-corrected chi connectivity index (χ2v) is 6.66. The summed E-state index contributed by atoms with van der Waals surface area (Å²) in [5.74, 6) is 0. The lowest BCUT2D eigenvalue weighted by molar-refractivity contribution is -0.00237. The van der Waals surface area contributed by atoms with E-state index in [0.717, 1.165) is 29.8 Å². The van der Waals surface area contributed by atoms with Crippen LogP contribution in [0.4, 0.5) is 16.2 Å². The van der Waals surface area contributed by atoms with Crippen LogP contribution in [0.25, 0.3) is 0 Å². The van der Waals surface area contributed by atoms with Gasteiger partial charge in [0.15, 0.2) is 5.69 Å². The Kier molecular flexibility index (Phi) is 4.10. The number of nitrogens with one attached hydrogen (secondary N) is 1. The average molecular weight is 304 g/mol. The molecule has 5 nitrogen and oxygen atoms in total. The van der Waals surface area contributed by atoms with Crippen molar-refractivity contribution in [1.29, 1.82) is 0 Å². The first-order chi connectivity index (χ1) is 10.5. The van der Waals surface area contributed by atoms with E-state index in [1.165, 1.54) is 31.4 Å². The standard InChI is InChI=1S/C17H25N3O2/c1-13-12-15(7-8-16(13)18-17(21)22)20(10-3-4-11-20)19-9-5-6-14(19)2/h7-8,12,14,18H,3-6,9-11H2,1-2H3/p+1/t14-/m0/s1. The van der Waals surface area contributed by atoms with Crippen LogP contribution < -0.4 is 9.91 Å². The SMILES string of the molecule is Cc1cc([N+]2(N3CCC[C@@H]3C)CCCC2)ccc1NC(=O)O. The zero-order valence-corrected chi connectivity index (χ0v) is 13.5. The number of nitrogens with zero attached hydrogens (tertiary/aromatic N) is 2. The third kappa shape index (κ3) is 2.59. The van der Waals surface area contributed by atoms with Gasteiger partial charge >= 0.3 is 6.09 Å². The maximum atomic E-state index is 10.9. The molecule has 22 heavy (non-hydrogen) atoms. The molecule has 0 radical (unpaired) electrons. The number of hydrogen-bond acceptors (Lipinski definition) is 2. The van der Waals surface area contributed by atoms with E-state index in [0.29, 0.717) is 11.7 Å². The predicted octanol–water partition coefficient (Wildman–Crippen LogP) is 3.59. The second kappa shape index (κ2) is 5.89. The van der Waals surface area contributed by atoms with E-state index in [-0.39, 0.29) is 0 Å². The Hall–Kier alpha value is -1.59. The lowest BCUT2D eigenvalue weighted by Gasteiger charge is -2.43. The molecule has 2 fully saturated rings. The Morgan fingerprint density at radius 3 is 2.59 bits per heavy atom. The maximum absolute atomic E-state index is 10.9. The van der Waals surface area contributed by atoms with Gasteiger partial charge in [-0.15, -0.1) is 5.01 Å². The van der Waals surface area contributed by atoms with Gasteiger partial charge in [0.05, 0.1) is 6.04 Å². The first-order valence-electron chi connectivity index (χ1n) is 8.28. The molecule has 0 aromatic heterocycles. The Morgan fingerprint density at radius 1 is 1.32 bits per heavy atom. The molecule has 2 N–H and O–H groups in total. The highest BCUT2D eigenvalue weighted by atomic mass is 16.4. The third-order valence-corrected chi connectivity index (χ3v) is 5.25. The predicted molar refractivity (Wildman–Crippen MR) is 89.0 cm³/mol. The molecule has 2 saturated heterocycles. The number of amides is 1. The Labute approximate surface area is 132 Å². The van der Waals surface area contributed by atoms with Crippen LogP contribution in [-0.2, 0) is 0 Å². The van der Waals surface area contributed by atoms with Gasteiger partial charge in [-0.25, -0.2) is 9.39 Å². The fraction of sp³-hybridized carbons (Fsp3) is 0.588. The normalized spacial score (nSPS) is 24.5. The van der Waals surface area contributed by atoms with Gasteiger partial charge in [0.1, 0.15) is 13.1 Å². The zero-order valence-electron chi connectivity index (χ0n) is 13.5. The first-order valence-corrected chi connectivity index (χ1v) is 8.28. The zero-order chi connectivity index (χ0) is 15.7. The molecule has 5 heteroatoms. The largest absolute Gasteiger partial charge is 0.465 e. The number of carbonyl (C=O) groups is 1. The smallest absolute Gasteiger partial charge is 0.409 e. The molecular weight excluding hydrogens is 278 g/mol. The third-order valence-electron chi connectivity index (χ3n) is 5.25.